The summed E-state index contributed by atoms with van der Waals surface area (Å²) < 4.78 is 16.7. The Hall–Kier alpha value is -2.73. The summed E-state index contributed by atoms with van der Waals surface area (Å²) >= 11 is 0. The Bertz CT molecular complexity index is 859. The molecule has 2 aliphatic rings. The van der Waals surface area contributed by atoms with Gasteiger partial charge in [-0.05, 0) is 67.1 Å². The van der Waals surface area contributed by atoms with Crippen molar-refractivity contribution < 1.29 is 19.0 Å². The molecule has 0 radical (unpaired) electrons. The molecule has 2 fully saturated rings. The molecule has 1 saturated carbocycles. The number of hydrogen-bond acceptors (Lipinski definition) is 5. The number of nitrogens with one attached hydrogen (secondary N) is 2. The van der Waals surface area contributed by atoms with Crippen molar-refractivity contribution in [2.75, 3.05) is 27.3 Å². The lowest BCUT2D eigenvalue weighted by Gasteiger charge is -2.31. The maximum Gasteiger partial charge on any atom is 0.225 e. The van der Waals surface area contributed by atoms with E-state index in [9.17, 15) is 4.79 Å². The number of rotatable bonds is 8. The molecular weight excluding hydrogens is 380 g/mol. The Balaban J connectivity index is 1.46. The molecule has 30 heavy (non-hydrogen) atoms. The lowest BCUT2D eigenvalue weighted by Crippen LogP contribution is -2.45. The molecule has 0 aromatic heterocycles. The third-order valence-corrected chi connectivity index (χ3v) is 5.85. The van der Waals surface area contributed by atoms with Crippen molar-refractivity contribution >= 4 is 5.91 Å². The fourth-order valence-corrected chi connectivity index (χ4v) is 4.02. The predicted molar refractivity (Wildman–Crippen MR) is 115 cm³/mol. The molecular formula is C24H30N2O4. The van der Waals surface area contributed by atoms with Crippen molar-refractivity contribution in [3.05, 3.63) is 53.6 Å². The van der Waals surface area contributed by atoms with Crippen molar-refractivity contribution in [2.45, 2.75) is 37.8 Å². The zero-order valence-corrected chi connectivity index (χ0v) is 17.6. The van der Waals surface area contributed by atoms with Crippen LogP contribution < -0.4 is 24.8 Å². The lowest BCUT2D eigenvalue weighted by molar-refractivity contribution is -0.126. The summed E-state index contributed by atoms with van der Waals surface area (Å²) in [5, 5.41) is 6.55. The fourth-order valence-electron chi connectivity index (χ4n) is 4.02. The van der Waals surface area contributed by atoms with Crippen LogP contribution in [0.1, 0.15) is 36.3 Å². The molecule has 2 N–H and O–H groups in total. The average molecular weight is 411 g/mol. The van der Waals surface area contributed by atoms with Crippen molar-refractivity contribution in [1.29, 1.82) is 0 Å². The second kappa shape index (κ2) is 9.39. The van der Waals surface area contributed by atoms with E-state index in [2.05, 4.69) is 22.8 Å². The first kappa shape index (κ1) is 20.5. The highest BCUT2D eigenvalue weighted by Crippen LogP contribution is 2.33. The highest BCUT2D eigenvalue weighted by molar-refractivity contribution is 5.80. The molecule has 2 aromatic carbocycles. The van der Waals surface area contributed by atoms with E-state index in [0.717, 1.165) is 60.7 Å². The van der Waals surface area contributed by atoms with Crippen LogP contribution in [0.5, 0.6) is 17.2 Å². The second-order valence-corrected chi connectivity index (χ2v) is 8.07. The number of benzene rings is 2. The van der Waals surface area contributed by atoms with Gasteiger partial charge in [0.2, 0.25) is 5.91 Å². The first-order valence-electron chi connectivity index (χ1n) is 10.6. The van der Waals surface area contributed by atoms with E-state index in [-0.39, 0.29) is 17.7 Å². The van der Waals surface area contributed by atoms with E-state index < -0.39 is 0 Å². The van der Waals surface area contributed by atoms with E-state index in [1.54, 1.807) is 14.2 Å². The molecule has 1 aliphatic carbocycles. The van der Waals surface area contributed by atoms with Crippen molar-refractivity contribution in [2.24, 2.45) is 5.92 Å². The van der Waals surface area contributed by atoms with Crippen LogP contribution in [0, 0.1) is 5.92 Å². The van der Waals surface area contributed by atoms with Crippen molar-refractivity contribution in [3.63, 3.8) is 0 Å². The molecule has 0 unspecified atom stereocenters. The van der Waals surface area contributed by atoms with Gasteiger partial charge in [0.15, 0.2) is 0 Å². The normalized spacial score (nSPS) is 21.0. The maximum absolute atomic E-state index is 12.7. The van der Waals surface area contributed by atoms with Crippen molar-refractivity contribution in [1.82, 2.24) is 10.6 Å². The number of ether oxygens (including phenoxy) is 3. The van der Waals surface area contributed by atoms with Crippen molar-refractivity contribution in [3.8, 4) is 17.2 Å². The van der Waals surface area contributed by atoms with Gasteiger partial charge in [0.25, 0.3) is 0 Å². The molecule has 6 heteroatoms. The summed E-state index contributed by atoms with van der Waals surface area (Å²) in [5.74, 6) is 2.60. The molecule has 2 atom stereocenters. The van der Waals surface area contributed by atoms with E-state index in [0.29, 0.717) is 12.6 Å². The largest absolute Gasteiger partial charge is 0.497 e. The quantitative estimate of drug-likeness (QED) is 0.699. The van der Waals surface area contributed by atoms with Gasteiger partial charge in [-0.2, -0.15) is 0 Å². The first-order valence-corrected chi connectivity index (χ1v) is 10.6. The summed E-state index contributed by atoms with van der Waals surface area (Å²) in [5.41, 5.74) is 2.13. The van der Waals surface area contributed by atoms with E-state index in [1.165, 1.54) is 0 Å². The van der Waals surface area contributed by atoms with Crippen LogP contribution >= 0.6 is 0 Å². The van der Waals surface area contributed by atoms with Gasteiger partial charge < -0.3 is 24.8 Å². The van der Waals surface area contributed by atoms with Crippen LogP contribution in [0.4, 0.5) is 0 Å². The Morgan fingerprint density at radius 2 is 1.80 bits per heavy atom. The van der Waals surface area contributed by atoms with E-state index in [4.69, 9.17) is 14.2 Å². The molecule has 1 aliphatic heterocycles. The summed E-state index contributed by atoms with van der Waals surface area (Å²) in [6.45, 7) is 2.05. The lowest BCUT2D eigenvalue weighted by atomic mass is 9.80. The van der Waals surface area contributed by atoms with Gasteiger partial charge in [0, 0.05) is 18.7 Å². The van der Waals surface area contributed by atoms with Crippen LogP contribution in [-0.4, -0.2) is 39.3 Å². The fraction of sp³-hybridized carbons (Fsp3) is 0.458. The minimum Gasteiger partial charge on any atom is -0.497 e. The molecule has 4 rings (SSSR count). The zero-order chi connectivity index (χ0) is 20.9. The van der Waals surface area contributed by atoms with Crippen LogP contribution in [0.2, 0.25) is 0 Å². The average Bonchev–Trinajstić information content (AvgIpc) is 3.61. The number of methoxy groups -OCH3 is 2. The highest BCUT2D eigenvalue weighted by Gasteiger charge is 2.34. The second-order valence-electron chi connectivity index (χ2n) is 8.07. The molecule has 0 bridgehead atoms. The van der Waals surface area contributed by atoms with Gasteiger partial charge in [-0.3, -0.25) is 4.79 Å². The molecule has 1 saturated heterocycles. The van der Waals surface area contributed by atoms with Gasteiger partial charge in [-0.25, -0.2) is 0 Å². The topological polar surface area (TPSA) is 68.8 Å². The summed E-state index contributed by atoms with van der Waals surface area (Å²) in [6, 6.07) is 14.3. The van der Waals surface area contributed by atoms with Crippen LogP contribution in [0.3, 0.4) is 0 Å². The first-order chi connectivity index (χ1) is 14.7. The van der Waals surface area contributed by atoms with E-state index >= 15 is 0 Å². The Morgan fingerprint density at radius 3 is 2.50 bits per heavy atom. The molecule has 160 valence electrons. The third-order valence-electron chi connectivity index (χ3n) is 5.85. The van der Waals surface area contributed by atoms with Crippen LogP contribution in [0.15, 0.2) is 42.5 Å². The van der Waals surface area contributed by atoms with Gasteiger partial charge in [0.05, 0.1) is 20.1 Å². The Labute approximate surface area is 177 Å². The minimum atomic E-state index is -0.0442. The molecule has 2 aromatic rings. The number of carbonyl (C=O) groups excluding carboxylic acids is 1. The molecule has 1 amide bonds. The van der Waals surface area contributed by atoms with Gasteiger partial charge in [0.1, 0.15) is 23.9 Å². The van der Waals surface area contributed by atoms with Gasteiger partial charge in [-0.1, -0.05) is 12.1 Å². The minimum absolute atomic E-state index is 0.0442. The Kier molecular flexibility index (Phi) is 6.43. The number of hydrogen-bond donors (Lipinski definition) is 2. The molecule has 0 spiro atoms. The molecule has 6 nitrogen and oxygen atoms in total. The van der Waals surface area contributed by atoms with Crippen LogP contribution in [-0.2, 0) is 11.4 Å². The Morgan fingerprint density at radius 1 is 1.03 bits per heavy atom. The summed E-state index contributed by atoms with van der Waals surface area (Å²) in [6.07, 6.45) is 3.16. The highest BCUT2D eigenvalue weighted by atomic mass is 16.5. The number of amides is 1. The summed E-state index contributed by atoms with van der Waals surface area (Å²) in [4.78, 5) is 12.7. The zero-order valence-electron chi connectivity index (χ0n) is 17.6. The predicted octanol–water partition coefficient (Wildman–Crippen LogP) is 3.25. The smallest absolute Gasteiger partial charge is 0.225 e. The molecule has 1 heterocycles. The standard InChI is InChI=1S/C24H30N2O4/c1-28-20-10-16(11-21(13-20)29-2)15-30-19-5-3-4-17(12-19)22-8-9-25-14-23(22)24(27)26-18-6-7-18/h3-5,10-13,18,22-23,25H,6-9,14-15H2,1-2H3,(H,26,27)/t22-,23+/m1/s1. The van der Waals surface area contributed by atoms with Crippen LogP contribution in [0.25, 0.3) is 0 Å². The van der Waals surface area contributed by atoms with E-state index in [1.807, 2.05) is 30.3 Å². The third kappa shape index (κ3) is 5.05. The maximum atomic E-state index is 12.7. The van der Waals surface area contributed by atoms with Gasteiger partial charge >= 0.3 is 0 Å². The SMILES string of the molecule is COc1cc(COc2cccc([C@H]3CCNC[C@@H]3C(=O)NC3CC3)c2)cc(OC)c1. The van der Waals surface area contributed by atoms with Gasteiger partial charge in [-0.15, -0.1) is 0 Å². The monoisotopic (exact) mass is 410 g/mol. The summed E-state index contributed by atoms with van der Waals surface area (Å²) in [7, 11) is 3.27. The number of piperidine rings is 1. The number of carbonyl (C=O) groups is 1.